The van der Waals surface area contributed by atoms with Crippen LogP contribution in [0.4, 0.5) is 13.2 Å². The molecule has 0 atom stereocenters. The van der Waals surface area contributed by atoms with Gasteiger partial charge in [-0.1, -0.05) is 11.6 Å². The molecule has 3 rings (SSSR count). The summed E-state index contributed by atoms with van der Waals surface area (Å²) in [5, 5.41) is 14.8. The molecule has 0 spiro atoms. The van der Waals surface area contributed by atoms with E-state index >= 15 is 0 Å². The zero-order valence-electron chi connectivity index (χ0n) is 15.5. The van der Waals surface area contributed by atoms with Crippen molar-refractivity contribution in [3.63, 3.8) is 0 Å². The lowest BCUT2D eigenvalue weighted by Crippen LogP contribution is -2.27. The Balaban J connectivity index is 2.13. The van der Waals surface area contributed by atoms with Gasteiger partial charge in [-0.25, -0.2) is 10.1 Å². The van der Waals surface area contributed by atoms with Crippen LogP contribution in [-0.2, 0) is 12.7 Å². The number of methoxy groups -OCH3 is 1. The minimum Gasteiger partial charge on any atom is -0.480 e. The molecule has 0 fully saturated rings. The number of aromatic amines is 1. The Morgan fingerprint density at radius 3 is 2.65 bits per heavy atom. The van der Waals surface area contributed by atoms with Crippen molar-refractivity contribution in [2.75, 3.05) is 7.11 Å². The van der Waals surface area contributed by atoms with Crippen molar-refractivity contribution in [2.45, 2.75) is 12.7 Å². The summed E-state index contributed by atoms with van der Waals surface area (Å²) in [6.07, 6.45) is -4.34. The van der Waals surface area contributed by atoms with Gasteiger partial charge >= 0.3 is 6.18 Å². The number of alkyl halides is 3. The Morgan fingerprint density at radius 1 is 1.26 bits per heavy atom. The smallest absolute Gasteiger partial charge is 0.437 e. The van der Waals surface area contributed by atoms with Gasteiger partial charge in [-0.05, 0) is 18.2 Å². The number of nitriles is 1. The SMILES string of the molecule is COc1n[nH]c(=O)cc1Cn1cnc(C(F)(F)F)c(Oc2cc(Cl)cc(C#N)c2)c1=O. The van der Waals surface area contributed by atoms with E-state index in [1.54, 1.807) is 6.07 Å². The van der Waals surface area contributed by atoms with Crippen LogP contribution in [-0.4, -0.2) is 26.9 Å². The van der Waals surface area contributed by atoms with Crippen molar-refractivity contribution in [1.29, 1.82) is 5.26 Å². The average Bonchev–Trinajstić information content (AvgIpc) is 2.69. The van der Waals surface area contributed by atoms with Crippen molar-refractivity contribution in [1.82, 2.24) is 19.7 Å². The van der Waals surface area contributed by atoms with Gasteiger partial charge in [-0.2, -0.15) is 18.4 Å². The minimum absolute atomic E-state index is 0.0135. The summed E-state index contributed by atoms with van der Waals surface area (Å²) in [5.41, 5.74) is -3.23. The van der Waals surface area contributed by atoms with Gasteiger partial charge in [0.25, 0.3) is 11.1 Å². The van der Waals surface area contributed by atoms with E-state index in [1.807, 2.05) is 0 Å². The van der Waals surface area contributed by atoms with Gasteiger partial charge in [0.1, 0.15) is 5.75 Å². The second-order valence-electron chi connectivity index (χ2n) is 6.01. The third-order valence-electron chi connectivity index (χ3n) is 3.87. The molecule has 1 aromatic carbocycles. The lowest BCUT2D eigenvalue weighted by molar-refractivity contribution is -0.142. The average molecular weight is 454 g/mol. The molecular weight excluding hydrogens is 443 g/mol. The fourth-order valence-corrected chi connectivity index (χ4v) is 2.81. The van der Waals surface area contributed by atoms with Gasteiger partial charge in [0, 0.05) is 16.7 Å². The van der Waals surface area contributed by atoms with E-state index < -0.39 is 28.7 Å². The van der Waals surface area contributed by atoms with Crippen molar-refractivity contribution >= 4 is 11.6 Å². The summed E-state index contributed by atoms with van der Waals surface area (Å²) in [6, 6.07) is 6.38. The maximum atomic E-state index is 13.4. The predicted molar refractivity (Wildman–Crippen MR) is 100 cm³/mol. The highest BCUT2D eigenvalue weighted by molar-refractivity contribution is 6.30. The fraction of sp³-hybridized carbons (Fsp3) is 0.167. The van der Waals surface area contributed by atoms with Gasteiger partial charge < -0.3 is 9.47 Å². The second kappa shape index (κ2) is 8.49. The number of nitrogens with zero attached hydrogens (tertiary/aromatic N) is 4. The Labute approximate surface area is 176 Å². The van der Waals surface area contributed by atoms with E-state index in [0.29, 0.717) is 6.33 Å². The highest BCUT2D eigenvalue weighted by Gasteiger charge is 2.38. The van der Waals surface area contributed by atoms with Crippen LogP contribution in [0.15, 0.2) is 40.2 Å². The van der Waals surface area contributed by atoms with Crippen LogP contribution in [0.5, 0.6) is 17.4 Å². The zero-order valence-corrected chi connectivity index (χ0v) is 16.3. The van der Waals surface area contributed by atoms with Gasteiger partial charge in [0.05, 0.1) is 31.6 Å². The molecule has 9 nitrogen and oxygen atoms in total. The number of H-pyrrole nitrogens is 1. The zero-order chi connectivity index (χ0) is 22.8. The summed E-state index contributed by atoms with van der Waals surface area (Å²) in [7, 11) is 1.26. The monoisotopic (exact) mass is 453 g/mol. The summed E-state index contributed by atoms with van der Waals surface area (Å²) in [5.74, 6) is -1.43. The molecule has 31 heavy (non-hydrogen) atoms. The van der Waals surface area contributed by atoms with Crippen LogP contribution < -0.4 is 20.6 Å². The molecule has 2 heterocycles. The first-order valence-corrected chi connectivity index (χ1v) is 8.68. The van der Waals surface area contributed by atoms with E-state index in [4.69, 9.17) is 26.3 Å². The Hall–Kier alpha value is -3.85. The van der Waals surface area contributed by atoms with Gasteiger partial charge in [-0.15, -0.1) is 5.10 Å². The molecule has 0 aliphatic heterocycles. The second-order valence-corrected chi connectivity index (χ2v) is 6.45. The van der Waals surface area contributed by atoms with Crippen LogP contribution in [0.2, 0.25) is 5.02 Å². The normalized spacial score (nSPS) is 11.1. The summed E-state index contributed by atoms with van der Waals surface area (Å²) in [6.45, 7) is -0.376. The summed E-state index contributed by atoms with van der Waals surface area (Å²) >= 11 is 5.85. The number of hydrogen-bond donors (Lipinski definition) is 1. The molecule has 2 aromatic heterocycles. The van der Waals surface area contributed by atoms with E-state index in [-0.39, 0.29) is 34.3 Å². The molecule has 0 amide bonds. The third kappa shape index (κ3) is 4.84. The first-order valence-electron chi connectivity index (χ1n) is 8.30. The standard InChI is InChI=1S/C18H11ClF3N5O4/c1-30-16-10(4-13(28)25-26-16)7-27-8-24-15(18(20,21)22)14(17(27)29)31-12-3-9(6-23)2-11(19)5-12/h2-5,8H,7H2,1H3,(H,25,28). The maximum absolute atomic E-state index is 13.4. The summed E-state index contributed by atoms with van der Waals surface area (Å²) in [4.78, 5) is 27.7. The van der Waals surface area contributed by atoms with Crippen LogP contribution >= 0.6 is 11.6 Å². The molecule has 0 radical (unpaired) electrons. The van der Waals surface area contributed by atoms with Crippen molar-refractivity contribution in [3.05, 3.63) is 73.1 Å². The van der Waals surface area contributed by atoms with E-state index in [2.05, 4.69) is 15.2 Å². The molecule has 160 valence electrons. The van der Waals surface area contributed by atoms with Crippen LogP contribution in [0.25, 0.3) is 0 Å². The van der Waals surface area contributed by atoms with Gasteiger partial charge in [-0.3, -0.25) is 14.2 Å². The number of rotatable bonds is 5. The molecule has 3 aromatic rings. The van der Waals surface area contributed by atoms with E-state index in [0.717, 1.165) is 22.8 Å². The third-order valence-corrected chi connectivity index (χ3v) is 4.09. The number of ether oxygens (including phenoxy) is 2. The Kier molecular flexibility index (Phi) is 5.98. The molecular formula is C18H11ClF3N5O4. The lowest BCUT2D eigenvalue weighted by atomic mass is 10.2. The summed E-state index contributed by atoms with van der Waals surface area (Å²) < 4.78 is 51.3. The van der Waals surface area contributed by atoms with Crippen molar-refractivity contribution in [2.24, 2.45) is 0 Å². The first kappa shape index (κ1) is 21.8. The van der Waals surface area contributed by atoms with E-state index in [9.17, 15) is 22.8 Å². The topological polar surface area (TPSA) is 123 Å². The lowest BCUT2D eigenvalue weighted by Gasteiger charge is -2.15. The number of hydrogen-bond acceptors (Lipinski definition) is 7. The molecule has 13 heteroatoms. The van der Waals surface area contributed by atoms with E-state index in [1.165, 1.54) is 13.2 Å². The molecule has 0 saturated carbocycles. The number of halogens is 4. The van der Waals surface area contributed by atoms with Crippen LogP contribution in [0.1, 0.15) is 16.8 Å². The Bertz CT molecular complexity index is 1300. The van der Waals surface area contributed by atoms with Crippen molar-refractivity contribution < 1.29 is 22.6 Å². The molecule has 0 aliphatic rings. The molecule has 0 unspecified atom stereocenters. The predicted octanol–water partition coefficient (Wildman–Crippen LogP) is 2.72. The molecule has 0 saturated heterocycles. The fourth-order valence-electron chi connectivity index (χ4n) is 2.58. The van der Waals surface area contributed by atoms with Gasteiger partial charge in [0.2, 0.25) is 11.6 Å². The number of benzene rings is 1. The molecule has 0 bridgehead atoms. The number of aromatic nitrogens is 4. The van der Waals surface area contributed by atoms with Crippen molar-refractivity contribution in [3.8, 4) is 23.4 Å². The van der Waals surface area contributed by atoms with Gasteiger partial charge in [0.15, 0.2) is 5.69 Å². The molecule has 1 N–H and O–H groups in total. The first-order chi connectivity index (χ1) is 14.6. The highest BCUT2D eigenvalue weighted by Crippen LogP contribution is 2.35. The minimum atomic E-state index is -5.01. The maximum Gasteiger partial charge on any atom is 0.437 e. The van der Waals surface area contributed by atoms with Crippen LogP contribution in [0, 0.1) is 11.3 Å². The largest absolute Gasteiger partial charge is 0.480 e. The Morgan fingerprint density at radius 2 is 2.00 bits per heavy atom. The van der Waals surface area contributed by atoms with Crippen LogP contribution in [0.3, 0.4) is 0 Å². The number of nitrogens with one attached hydrogen (secondary N) is 1. The highest BCUT2D eigenvalue weighted by atomic mass is 35.5. The quantitative estimate of drug-likeness (QED) is 0.630. The molecule has 0 aliphatic carbocycles.